The number of rotatable bonds is 2. The zero-order valence-electron chi connectivity index (χ0n) is 7.85. The van der Waals surface area contributed by atoms with E-state index in [2.05, 4.69) is 4.90 Å². The van der Waals surface area contributed by atoms with E-state index in [1.54, 1.807) is 12.1 Å². The van der Waals surface area contributed by atoms with Crippen molar-refractivity contribution in [2.75, 3.05) is 18.0 Å². The molecule has 1 aliphatic rings. The molecule has 0 atom stereocenters. The molecule has 0 N–H and O–H groups in total. The summed E-state index contributed by atoms with van der Waals surface area (Å²) < 4.78 is 21.3. The first-order valence-electron chi connectivity index (χ1n) is 4.77. The normalized spacial score (nSPS) is 16.5. The Bertz CT molecular complexity index is 370. The van der Waals surface area contributed by atoms with Gasteiger partial charge in [-0.2, -0.15) is 0 Å². The summed E-state index contributed by atoms with van der Waals surface area (Å²) in [5.74, 6) is 0. The van der Waals surface area contributed by atoms with Crippen molar-refractivity contribution in [3.63, 3.8) is 0 Å². The summed E-state index contributed by atoms with van der Waals surface area (Å²) in [6.07, 6.45) is 2.47. The van der Waals surface area contributed by atoms with E-state index in [4.69, 9.17) is 0 Å². The van der Waals surface area contributed by atoms with Crippen LogP contribution in [0.1, 0.15) is 12.8 Å². The van der Waals surface area contributed by atoms with E-state index in [0.29, 0.717) is 4.90 Å². The standard InChI is InChI=1S/C10H13NO2S/c12-14(13)10-5-3-9(4-6-10)11-7-1-2-8-11/h3-6,14H,1-2,7-8H2. The second kappa shape index (κ2) is 4.00. The van der Waals surface area contributed by atoms with Gasteiger partial charge in [-0.3, -0.25) is 0 Å². The topological polar surface area (TPSA) is 37.4 Å². The molecule has 4 heteroatoms. The van der Waals surface area contributed by atoms with E-state index in [0.717, 1.165) is 18.8 Å². The molecular formula is C10H13NO2S. The number of hydrogen-bond donors (Lipinski definition) is 1. The Kier molecular flexibility index (Phi) is 2.72. The molecule has 76 valence electrons. The zero-order chi connectivity index (χ0) is 9.97. The molecule has 14 heavy (non-hydrogen) atoms. The molecule has 1 aliphatic heterocycles. The van der Waals surface area contributed by atoms with Crippen molar-refractivity contribution >= 4 is 16.4 Å². The van der Waals surface area contributed by atoms with Crippen LogP contribution in [0.15, 0.2) is 29.2 Å². The fourth-order valence-corrected chi connectivity index (χ4v) is 2.15. The number of benzene rings is 1. The van der Waals surface area contributed by atoms with E-state index < -0.39 is 10.7 Å². The molecule has 1 fully saturated rings. The van der Waals surface area contributed by atoms with E-state index in [1.807, 2.05) is 12.1 Å². The Hall–Kier alpha value is -1.03. The van der Waals surface area contributed by atoms with Crippen LogP contribution in [0.2, 0.25) is 0 Å². The van der Waals surface area contributed by atoms with Gasteiger partial charge >= 0.3 is 0 Å². The molecule has 0 aromatic heterocycles. The maximum absolute atomic E-state index is 10.7. The van der Waals surface area contributed by atoms with Gasteiger partial charge in [0.05, 0.1) is 4.90 Å². The lowest BCUT2D eigenvalue weighted by atomic mass is 10.3. The summed E-state index contributed by atoms with van der Waals surface area (Å²) >= 11 is 0. The minimum Gasteiger partial charge on any atom is -0.372 e. The van der Waals surface area contributed by atoms with Gasteiger partial charge in [0.15, 0.2) is 10.7 Å². The molecule has 0 amide bonds. The van der Waals surface area contributed by atoms with Gasteiger partial charge in [-0.15, -0.1) is 0 Å². The minimum absolute atomic E-state index is 0.392. The Morgan fingerprint density at radius 1 is 1.00 bits per heavy atom. The average Bonchev–Trinajstić information content (AvgIpc) is 2.71. The van der Waals surface area contributed by atoms with Crippen molar-refractivity contribution in [2.24, 2.45) is 0 Å². The molecular weight excluding hydrogens is 198 g/mol. The number of thiol groups is 1. The number of nitrogens with zero attached hydrogens (tertiary/aromatic N) is 1. The van der Waals surface area contributed by atoms with Crippen LogP contribution >= 0.6 is 0 Å². The Labute approximate surface area is 85.3 Å². The van der Waals surface area contributed by atoms with Crippen molar-refractivity contribution in [1.82, 2.24) is 0 Å². The summed E-state index contributed by atoms with van der Waals surface area (Å²) in [6, 6.07) is 7.09. The molecule has 1 heterocycles. The highest BCUT2D eigenvalue weighted by molar-refractivity contribution is 7.72. The van der Waals surface area contributed by atoms with Crippen LogP contribution in [-0.2, 0) is 10.7 Å². The lowest BCUT2D eigenvalue weighted by Crippen LogP contribution is -2.17. The minimum atomic E-state index is -2.44. The zero-order valence-corrected chi connectivity index (χ0v) is 8.74. The van der Waals surface area contributed by atoms with Gasteiger partial charge in [0.25, 0.3) is 0 Å². The third-order valence-electron chi connectivity index (χ3n) is 2.53. The predicted molar refractivity (Wildman–Crippen MR) is 56.5 cm³/mol. The highest BCUT2D eigenvalue weighted by Gasteiger charge is 2.11. The first-order valence-corrected chi connectivity index (χ1v) is 5.94. The third kappa shape index (κ3) is 1.90. The molecule has 0 bridgehead atoms. The van der Waals surface area contributed by atoms with Crippen LogP contribution in [0.4, 0.5) is 5.69 Å². The SMILES string of the molecule is O=[SH](=O)c1ccc(N2CCCC2)cc1. The van der Waals surface area contributed by atoms with Gasteiger partial charge in [-0.25, -0.2) is 8.42 Å². The predicted octanol–water partition coefficient (Wildman–Crippen LogP) is 1.26. The summed E-state index contributed by atoms with van der Waals surface area (Å²) in [6.45, 7) is 2.17. The molecule has 1 aromatic carbocycles. The summed E-state index contributed by atoms with van der Waals surface area (Å²) in [7, 11) is -2.44. The van der Waals surface area contributed by atoms with Crippen LogP contribution in [0, 0.1) is 0 Å². The lowest BCUT2D eigenvalue weighted by molar-refractivity contribution is 0.614. The molecule has 0 aliphatic carbocycles. The second-order valence-corrected chi connectivity index (χ2v) is 4.50. The Morgan fingerprint density at radius 2 is 1.57 bits per heavy atom. The van der Waals surface area contributed by atoms with Crippen molar-refractivity contribution in [3.05, 3.63) is 24.3 Å². The van der Waals surface area contributed by atoms with Crippen LogP contribution < -0.4 is 4.90 Å². The maximum Gasteiger partial charge on any atom is 0.168 e. The summed E-state index contributed by atoms with van der Waals surface area (Å²) in [5.41, 5.74) is 1.13. The monoisotopic (exact) mass is 211 g/mol. The fraction of sp³-hybridized carbons (Fsp3) is 0.400. The van der Waals surface area contributed by atoms with Crippen molar-refractivity contribution < 1.29 is 8.42 Å². The second-order valence-electron chi connectivity index (χ2n) is 3.47. The molecule has 1 saturated heterocycles. The van der Waals surface area contributed by atoms with Crippen molar-refractivity contribution in [1.29, 1.82) is 0 Å². The third-order valence-corrected chi connectivity index (χ3v) is 3.25. The van der Waals surface area contributed by atoms with E-state index in [-0.39, 0.29) is 0 Å². The average molecular weight is 211 g/mol. The van der Waals surface area contributed by atoms with Crippen LogP contribution in [0.5, 0.6) is 0 Å². The summed E-state index contributed by atoms with van der Waals surface area (Å²) in [5, 5.41) is 0. The van der Waals surface area contributed by atoms with Gasteiger partial charge in [0, 0.05) is 18.8 Å². The molecule has 0 unspecified atom stereocenters. The van der Waals surface area contributed by atoms with E-state index in [9.17, 15) is 8.42 Å². The first-order chi connectivity index (χ1) is 6.77. The quantitative estimate of drug-likeness (QED) is 0.748. The highest BCUT2D eigenvalue weighted by atomic mass is 32.2. The largest absolute Gasteiger partial charge is 0.372 e. The Morgan fingerprint density at radius 3 is 2.07 bits per heavy atom. The molecule has 2 rings (SSSR count). The number of hydrogen-bond acceptors (Lipinski definition) is 3. The molecule has 0 saturated carbocycles. The van der Waals surface area contributed by atoms with Gasteiger partial charge < -0.3 is 4.90 Å². The van der Waals surface area contributed by atoms with Gasteiger partial charge in [-0.05, 0) is 37.1 Å². The first kappa shape index (κ1) is 9.52. The highest BCUT2D eigenvalue weighted by Crippen LogP contribution is 2.20. The van der Waals surface area contributed by atoms with Gasteiger partial charge in [0.1, 0.15) is 0 Å². The Balaban J connectivity index is 2.20. The molecule has 1 aromatic rings. The van der Waals surface area contributed by atoms with Crippen LogP contribution in [-0.4, -0.2) is 21.5 Å². The lowest BCUT2D eigenvalue weighted by Gasteiger charge is -2.17. The smallest absolute Gasteiger partial charge is 0.168 e. The van der Waals surface area contributed by atoms with Crippen LogP contribution in [0.25, 0.3) is 0 Å². The molecule has 0 spiro atoms. The van der Waals surface area contributed by atoms with Crippen LogP contribution in [0.3, 0.4) is 0 Å². The number of anilines is 1. The van der Waals surface area contributed by atoms with Gasteiger partial charge in [-0.1, -0.05) is 0 Å². The van der Waals surface area contributed by atoms with Crippen molar-refractivity contribution in [2.45, 2.75) is 17.7 Å². The maximum atomic E-state index is 10.7. The van der Waals surface area contributed by atoms with E-state index in [1.165, 1.54) is 12.8 Å². The summed E-state index contributed by atoms with van der Waals surface area (Å²) in [4.78, 5) is 2.67. The van der Waals surface area contributed by atoms with Gasteiger partial charge in [0.2, 0.25) is 0 Å². The van der Waals surface area contributed by atoms with Crippen molar-refractivity contribution in [3.8, 4) is 0 Å². The fourth-order valence-electron chi connectivity index (χ4n) is 1.76. The molecule has 0 radical (unpaired) electrons. The van der Waals surface area contributed by atoms with E-state index >= 15 is 0 Å². The molecule has 3 nitrogen and oxygen atoms in total.